The predicted octanol–water partition coefficient (Wildman–Crippen LogP) is 0.919. The molecule has 0 bridgehead atoms. The molecule has 2 atom stereocenters. The summed E-state index contributed by atoms with van der Waals surface area (Å²) in [6.07, 6.45) is 4.90. The molecule has 1 aromatic heterocycles. The maximum atomic E-state index is 11.9. The number of rotatable bonds is 5. The minimum absolute atomic E-state index is 0.109. The summed E-state index contributed by atoms with van der Waals surface area (Å²) >= 11 is 0. The largest absolute Gasteiger partial charge is 0.345 e. The Kier molecular flexibility index (Phi) is 4.52. The summed E-state index contributed by atoms with van der Waals surface area (Å²) in [6.45, 7) is 4.90. The number of nitrogens with zero attached hydrogens (tertiary/aromatic N) is 3. The van der Waals surface area contributed by atoms with Gasteiger partial charge >= 0.3 is 0 Å². The zero-order valence-corrected chi connectivity index (χ0v) is 11.7. The third-order valence-electron chi connectivity index (χ3n) is 3.57. The quantitative estimate of drug-likeness (QED) is 0.829. The van der Waals surface area contributed by atoms with E-state index in [1.807, 2.05) is 13.8 Å². The highest BCUT2D eigenvalue weighted by molar-refractivity contribution is 5.81. The fourth-order valence-electron chi connectivity index (χ4n) is 2.48. The highest BCUT2D eigenvalue weighted by Crippen LogP contribution is 2.18. The van der Waals surface area contributed by atoms with Gasteiger partial charge in [0.25, 0.3) is 0 Å². The van der Waals surface area contributed by atoms with E-state index >= 15 is 0 Å². The number of nitrogens with two attached hydrogens (primary N) is 1. The molecule has 2 rings (SSSR count). The van der Waals surface area contributed by atoms with Gasteiger partial charge in [-0.05, 0) is 26.2 Å². The van der Waals surface area contributed by atoms with Gasteiger partial charge in [0.2, 0.25) is 5.91 Å². The van der Waals surface area contributed by atoms with Crippen molar-refractivity contribution in [2.45, 2.75) is 64.6 Å². The second-order valence-electron chi connectivity index (χ2n) is 5.21. The van der Waals surface area contributed by atoms with Crippen LogP contribution in [0.3, 0.4) is 0 Å². The first kappa shape index (κ1) is 14.0. The molecule has 106 valence electrons. The van der Waals surface area contributed by atoms with Crippen LogP contribution < -0.4 is 11.1 Å². The SMILES string of the molecule is CCCC(N)C(=O)NC(C)c1nnc2n1CCCC2. The molecule has 6 nitrogen and oxygen atoms in total. The average Bonchev–Trinajstić information content (AvgIpc) is 2.82. The van der Waals surface area contributed by atoms with Crippen LogP contribution in [-0.2, 0) is 17.8 Å². The Hall–Kier alpha value is -1.43. The van der Waals surface area contributed by atoms with Crippen LogP contribution in [0.2, 0.25) is 0 Å². The predicted molar refractivity (Wildman–Crippen MR) is 72.4 cm³/mol. The maximum Gasteiger partial charge on any atom is 0.237 e. The van der Waals surface area contributed by atoms with Crippen LogP contribution >= 0.6 is 0 Å². The fraction of sp³-hybridized carbons (Fsp3) is 0.769. The van der Waals surface area contributed by atoms with Gasteiger partial charge in [-0.3, -0.25) is 4.79 Å². The van der Waals surface area contributed by atoms with E-state index in [0.717, 1.165) is 37.5 Å². The van der Waals surface area contributed by atoms with Crippen molar-refractivity contribution in [2.24, 2.45) is 5.73 Å². The maximum absolute atomic E-state index is 11.9. The summed E-state index contributed by atoms with van der Waals surface area (Å²) in [5, 5.41) is 11.3. The van der Waals surface area contributed by atoms with E-state index in [1.54, 1.807) is 0 Å². The van der Waals surface area contributed by atoms with Gasteiger partial charge in [0.1, 0.15) is 5.82 Å². The van der Waals surface area contributed by atoms with E-state index in [0.29, 0.717) is 6.42 Å². The average molecular weight is 265 g/mol. The molecule has 3 N–H and O–H groups in total. The second-order valence-corrected chi connectivity index (χ2v) is 5.21. The van der Waals surface area contributed by atoms with Crippen LogP contribution in [0.15, 0.2) is 0 Å². The van der Waals surface area contributed by atoms with Crippen molar-refractivity contribution in [1.29, 1.82) is 0 Å². The van der Waals surface area contributed by atoms with Crippen molar-refractivity contribution in [1.82, 2.24) is 20.1 Å². The molecule has 0 saturated carbocycles. The van der Waals surface area contributed by atoms with Gasteiger partial charge in [-0.2, -0.15) is 0 Å². The lowest BCUT2D eigenvalue weighted by Gasteiger charge is -2.20. The van der Waals surface area contributed by atoms with Crippen LogP contribution in [-0.4, -0.2) is 26.7 Å². The smallest absolute Gasteiger partial charge is 0.237 e. The van der Waals surface area contributed by atoms with E-state index in [4.69, 9.17) is 5.73 Å². The van der Waals surface area contributed by atoms with Crippen molar-refractivity contribution >= 4 is 5.91 Å². The molecule has 0 aromatic carbocycles. The lowest BCUT2D eigenvalue weighted by molar-refractivity contribution is -0.123. The van der Waals surface area contributed by atoms with Crippen LogP contribution in [0.4, 0.5) is 0 Å². The Labute approximate surface area is 113 Å². The van der Waals surface area contributed by atoms with Crippen molar-refractivity contribution in [3.63, 3.8) is 0 Å². The summed E-state index contributed by atoms with van der Waals surface area (Å²) in [6, 6.07) is -0.578. The second kappa shape index (κ2) is 6.14. The molecule has 1 aliphatic rings. The lowest BCUT2D eigenvalue weighted by Crippen LogP contribution is -2.42. The number of amides is 1. The van der Waals surface area contributed by atoms with Crippen molar-refractivity contribution in [3.05, 3.63) is 11.6 Å². The number of aromatic nitrogens is 3. The monoisotopic (exact) mass is 265 g/mol. The Morgan fingerprint density at radius 1 is 1.47 bits per heavy atom. The van der Waals surface area contributed by atoms with Crippen LogP contribution in [0.25, 0.3) is 0 Å². The lowest BCUT2D eigenvalue weighted by atomic mass is 10.1. The molecular formula is C13H23N5O. The topological polar surface area (TPSA) is 85.8 Å². The third kappa shape index (κ3) is 3.12. The van der Waals surface area contributed by atoms with Gasteiger partial charge in [-0.15, -0.1) is 10.2 Å². The molecule has 0 aliphatic carbocycles. The van der Waals surface area contributed by atoms with E-state index in [2.05, 4.69) is 20.1 Å². The summed E-state index contributed by atoms with van der Waals surface area (Å²) in [7, 11) is 0. The minimum Gasteiger partial charge on any atom is -0.345 e. The molecule has 0 radical (unpaired) electrons. The van der Waals surface area contributed by atoms with Gasteiger partial charge in [-0.25, -0.2) is 0 Å². The molecule has 0 spiro atoms. The highest BCUT2D eigenvalue weighted by Gasteiger charge is 2.22. The first-order chi connectivity index (χ1) is 9.13. The van der Waals surface area contributed by atoms with Crippen molar-refractivity contribution in [2.75, 3.05) is 0 Å². The zero-order chi connectivity index (χ0) is 13.8. The Morgan fingerprint density at radius 2 is 2.26 bits per heavy atom. The normalized spacial score (nSPS) is 17.6. The van der Waals surface area contributed by atoms with Crippen LogP contribution in [0.5, 0.6) is 0 Å². The Morgan fingerprint density at radius 3 is 3.00 bits per heavy atom. The molecule has 2 heterocycles. The van der Waals surface area contributed by atoms with E-state index in [9.17, 15) is 4.79 Å². The van der Waals surface area contributed by atoms with E-state index in [1.165, 1.54) is 6.42 Å². The van der Waals surface area contributed by atoms with Crippen LogP contribution in [0.1, 0.15) is 57.2 Å². The minimum atomic E-state index is -0.434. The first-order valence-corrected chi connectivity index (χ1v) is 7.11. The number of hydrogen-bond donors (Lipinski definition) is 2. The molecule has 6 heteroatoms. The summed E-state index contributed by atoms with van der Waals surface area (Å²) in [4.78, 5) is 11.9. The fourth-order valence-corrected chi connectivity index (χ4v) is 2.48. The summed E-state index contributed by atoms with van der Waals surface area (Å²) < 4.78 is 2.12. The molecular weight excluding hydrogens is 242 g/mol. The molecule has 1 aliphatic heterocycles. The number of fused-ring (bicyclic) bond motifs is 1. The van der Waals surface area contributed by atoms with Gasteiger partial charge in [0.05, 0.1) is 12.1 Å². The van der Waals surface area contributed by atoms with Gasteiger partial charge in [-0.1, -0.05) is 13.3 Å². The van der Waals surface area contributed by atoms with Crippen molar-refractivity contribution < 1.29 is 4.79 Å². The Balaban J connectivity index is 2.02. The zero-order valence-electron chi connectivity index (χ0n) is 11.7. The molecule has 19 heavy (non-hydrogen) atoms. The Bertz CT molecular complexity index is 442. The number of nitrogens with one attached hydrogen (secondary N) is 1. The first-order valence-electron chi connectivity index (χ1n) is 7.11. The summed E-state index contributed by atoms with van der Waals surface area (Å²) in [5.74, 6) is 1.76. The molecule has 1 aromatic rings. The standard InChI is InChI=1S/C13H23N5O/c1-3-6-10(14)13(19)15-9(2)12-17-16-11-7-4-5-8-18(11)12/h9-10H,3-8,14H2,1-2H3,(H,15,19). The number of aryl methyl sites for hydroxylation is 1. The van der Waals surface area contributed by atoms with Crippen molar-refractivity contribution in [3.8, 4) is 0 Å². The van der Waals surface area contributed by atoms with Gasteiger partial charge < -0.3 is 15.6 Å². The van der Waals surface area contributed by atoms with E-state index < -0.39 is 6.04 Å². The number of carbonyl (C=O) groups is 1. The number of hydrogen-bond acceptors (Lipinski definition) is 4. The number of carbonyl (C=O) groups excluding carboxylic acids is 1. The van der Waals surface area contributed by atoms with Gasteiger partial charge in [0, 0.05) is 13.0 Å². The van der Waals surface area contributed by atoms with Gasteiger partial charge in [0.15, 0.2) is 5.82 Å². The molecule has 1 amide bonds. The third-order valence-corrected chi connectivity index (χ3v) is 3.57. The molecule has 2 unspecified atom stereocenters. The molecule has 0 saturated heterocycles. The highest BCUT2D eigenvalue weighted by atomic mass is 16.2. The summed E-state index contributed by atoms with van der Waals surface area (Å²) in [5.41, 5.74) is 5.81. The molecule has 0 fully saturated rings. The van der Waals surface area contributed by atoms with E-state index in [-0.39, 0.29) is 11.9 Å². The van der Waals surface area contributed by atoms with Crippen LogP contribution in [0, 0.1) is 0 Å².